The highest BCUT2D eigenvalue weighted by Crippen LogP contribution is 2.51. The zero-order valence-electron chi connectivity index (χ0n) is 14.5. The number of amides is 1. The van der Waals surface area contributed by atoms with Crippen molar-refractivity contribution in [3.8, 4) is 0 Å². The second kappa shape index (κ2) is 8.43. The number of halogens is 3. The van der Waals surface area contributed by atoms with Crippen LogP contribution in [0.25, 0.3) is 0 Å². The van der Waals surface area contributed by atoms with Gasteiger partial charge < -0.3 is 20.9 Å². The fraction of sp³-hybridized carbons (Fsp3) is 0.444. The van der Waals surface area contributed by atoms with Crippen LogP contribution in [0.2, 0.25) is 0 Å². The van der Waals surface area contributed by atoms with Crippen molar-refractivity contribution in [1.82, 2.24) is 5.32 Å². The average Bonchev–Trinajstić information content (AvgIpc) is 3.41. The lowest BCUT2D eigenvalue weighted by Crippen LogP contribution is -2.30. The van der Waals surface area contributed by atoms with Crippen LogP contribution in [0.3, 0.4) is 0 Å². The third kappa shape index (κ3) is 5.46. The van der Waals surface area contributed by atoms with Crippen molar-refractivity contribution in [2.45, 2.75) is 43.5 Å². The van der Waals surface area contributed by atoms with Crippen molar-refractivity contribution < 1.29 is 32.6 Å². The van der Waals surface area contributed by atoms with Gasteiger partial charge in [-0.2, -0.15) is 13.2 Å². The van der Waals surface area contributed by atoms with E-state index < -0.39 is 29.7 Å². The number of carboxylic acid groups (broad SMARTS) is 1. The van der Waals surface area contributed by atoms with Crippen molar-refractivity contribution >= 4 is 12.1 Å². The van der Waals surface area contributed by atoms with Crippen LogP contribution in [0.4, 0.5) is 18.0 Å². The summed E-state index contributed by atoms with van der Waals surface area (Å²) >= 11 is 0. The number of ether oxygens (including phenoxy) is 1. The lowest BCUT2D eigenvalue weighted by Gasteiger charge is -2.20. The lowest BCUT2D eigenvalue weighted by atomic mass is 9.92. The molecule has 0 spiro atoms. The highest BCUT2D eigenvalue weighted by molar-refractivity contribution is 5.72. The first kappa shape index (κ1) is 20.8. The number of nitrogens with one attached hydrogen (secondary N) is 1. The van der Waals surface area contributed by atoms with Gasteiger partial charge in [-0.1, -0.05) is 36.4 Å². The minimum absolute atomic E-state index is 0.0670. The first-order chi connectivity index (χ1) is 12.7. The molecule has 0 bridgehead atoms. The molecule has 4 N–H and O–H groups in total. The maximum absolute atomic E-state index is 13.0. The Bertz CT molecular complexity index is 696. The molecule has 0 fully saturated rings. The predicted molar refractivity (Wildman–Crippen MR) is 91.0 cm³/mol. The summed E-state index contributed by atoms with van der Waals surface area (Å²) in [6.45, 7) is 0.242. The molecular weight excluding hydrogens is 365 g/mol. The number of hydrogen-bond donors (Lipinski definition) is 3. The summed E-state index contributed by atoms with van der Waals surface area (Å²) in [4.78, 5) is 22.1. The average molecular weight is 386 g/mol. The number of aliphatic carboxylic acids is 1. The molecule has 1 aliphatic rings. The Balaban J connectivity index is 1.68. The maximum Gasteiger partial charge on any atom is 0.407 e. The van der Waals surface area contributed by atoms with Crippen molar-refractivity contribution in [3.05, 3.63) is 47.5 Å². The van der Waals surface area contributed by atoms with Gasteiger partial charge in [-0.3, -0.25) is 4.79 Å². The van der Waals surface area contributed by atoms with Gasteiger partial charge >= 0.3 is 18.2 Å². The van der Waals surface area contributed by atoms with Crippen LogP contribution in [0.1, 0.15) is 30.4 Å². The fourth-order valence-corrected chi connectivity index (χ4v) is 2.51. The molecule has 9 heteroatoms. The van der Waals surface area contributed by atoms with Crippen molar-refractivity contribution in [3.63, 3.8) is 0 Å². The molecule has 1 aromatic carbocycles. The Hall–Kier alpha value is -2.55. The molecule has 6 nitrogen and oxygen atoms in total. The summed E-state index contributed by atoms with van der Waals surface area (Å²) < 4.78 is 44.0. The molecule has 2 rings (SSSR count). The number of rotatable bonds is 9. The van der Waals surface area contributed by atoms with Gasteiger partial charge in [0, 0.05) is 6.54 Å². The number of nitrogens with two attached hydrogens (primary N) is 1. The molecule has 0 radical (unpaired) electrons. The predicted octanol–water partition coefficient (Wildman–Crippen LogP) is 2.86. The van der Waals surface area contributed by atoms with Crippen LogP contribution in [-0.2, 0) is 21.6 Å². The minimum atomic E-state index is -4.36. The molecule has 1 aromatic rings. The van der Waals surface area contributed by atoms with E-state index in [4.69, 9.17) is 15.6 Å². The summed E-state index contributed by atoms with van der Waals surface area (Å²) in [5.41, 5.74) is 4.09. The Kier molecular flexibility index (Phi) is 6.48. The van der Waals surface area contributed by atoms with E-state index in [2.05, 4.69) is 5.32 Å². The van der Waals surface area contributed by atoms with Crippen molar-refractivity contribution in [2.75, 3.05) is 6.54 Å². The van der Waals surface area contributed by atoms with Gasteiger partial charge in [-0.25, -0.2) is 4.79 Å². The summed E-state index contributed by atoms with van der Waals surface area (Å²) in [6, 6.07) is 4.81. The molecule has 0 aromatic heterocycles. The second-order valence-corrected chi connectivity index (χ2v) is 6.34. The highest BCUT2D eigenvalue weighted by atomic mass is 19.4. The van der Waals surface area contributed by atoms with Crippen molar-refractivity contribution in [1.29, 1.82) is 0 Å². The van der Waals surface area contributed by atoms with Crippen molar-refractivity contribution in [2.24, 2.45) is 5.73 Å². The van der Waals surface area contributed by atoms with Gasteiger partial charge in [-0.15, -0.1) is 0 Å². The number of alkyl halides is 3. The maximum atomic E-state index is 13.0. The molecular formula is C18H21F3N2O4. The quantitative estimate of drug-likeness (QED) is 0.447. The van der Waals surface area contributed by atoms with E-state index in [1.807, 2.05) is 0 Å². The number of unbranched alkanes of at least 4 members (excludes halogenated alkanes) is 1. The topological polar surface area (TPSA) is 102 Å². The van der Waals surface area contributed by atoms with Crippen LogP contribution >= 0.6 is 0 Å². The van der Waals surface area contributed by atoms with E-state index in [-0.39, 0.29) is 12.2 Å². The molecule has 0 heterocycles. The van der Waals surface area contributed by atoms with Gasteiger partial charge in [-0.05, 0) is 30.4 Å². The minimum Gasteiger partial charge on any atom is -0.480 e. The number of hydrogen-bond acceptors (Lipinski definition) is 4. The molecule has 1 unspecified atom stereocenters. The number of carboxylic acids is 1. The monoisotopic (exact) mass is 386 g/mol. The molecule has 148 valence electrons. The first-order valence-corrected chi connectivity index (χ1v) is 8.41. The number of carbonyl (C=O) groups excluding carboxylic acids is 1. The van der Waals surface area contributed by atoms with Crippen LogP contribution in [-0.4, -0.2) is 35.9 Å². The molecule has 1 amide bonds. The van der Waals surface area contributed by atoms with E-state index in [9.17, 15) is 22.8 Å². The molecule has 0 aliphatic heterocycles. The Morgan fingerprint density at radius 2 is 1.81 bits per heavy atom. The van der Waals surface area contributed by atoms with Gasteiger partial charge in [0.2, 0.25) is 0 Å². The highest BCUT2D eigenvalue weighted by Gasteiger charge is 2.58. The largest absolute Gasteiger partial charge is 0.480 e. The Morgan fingerprint density at radius 1 is 1.19 bits per heavy atom. The van der Waals surface area contributed by atoms with E-state index >= 15 is 0 Å². The summed E-state index contributed by atoms with van der Waals surface area (Å²) in [6.07, 6.45) is -1.39. The number of allylic oxidation sites excluding steroid dienone is 2. The summed E-state index contributed by atoms with van der Waals surface area (Å²) in [5.74, 6) is -1.06. The fourth-order valence-electron chi connectivity index (χ4n) is 2.51. The van der Waals surface area contributed by atoms with E-state index in [1.54, 1.807) is 0 Å². The van der Waals surface area contributed by atoms with Crippen LogP contribution in [0, 0.1) is 0 Å². The first-order valence-electron chi connectivity index (χ1n) is 8.41. The third-order valence-electron chi connectivity index (χ3n) is 4.30. The smallest absolute Gasteiger partial charge is 0.407 e. The van der Waals surface area contributed by atoms with Gasteiger partial charge in [0.15, 0.2) is 0 Å². The van der Waals surface area contributed by atoms with Crippen LogP contribution < -0.4 is 11.1 Å². The number of benzene rings is 1. The number of alkyl carbamates (subject to hydrolysis) is 1. The Labute approximate surface area is 154 Å². The Morgan fingerprint density at radius 3 is 2.33 bits per heavy atom. The van der Waals surface area contributed by atoms with Gasteiger partial charge in [0.25, 0.3) is 0 Å². The number of carbonyl (C=O) groups is 2. The SMILES string of the molecule is NC(CCCCNC(=O)OCc1ccc(C2(C(F)(F)F)C=C2)cc1)C(=O)O. The molecule has 1 atom stereocenters. The van der Waals surface area contributed by atoms with Crippen LogP contribution in [0.5, 0.6) is 0 Å². The summed E-state index contributed by atoms with van der Waals surface area (Å²) in [5, 5.41) is 11.1. The standard InChI is InChI=1S/C18H21F3N2O4/c19-18(20,21)17(8-9-17)13-6-4-12(5-7-13)11-27-16(26)23-10-2-1-3-14(22)15(24)25/h4-9,14H,1-3,10-11,22H2,(H,23,26)(H,24,25). The van der Waals surface area contributed by atoms with Crippen LogP contribution in [0.15, 0.2) is 36.4 Å². The molecule has 0 saturated carbocycles. The summed E-state index contributed by atoms with van der Waals surface area (Å²) in [7, 11) is 0. The third-order valence-corrected chi connectivity index (χ3v) is 4.30. The van der Waals surface area contributed by atoms with Gasteiger partial charge in [0.05, 0.1) is 0 Å². The van der Waals surface area contributed by atoms with Gasteiger partial charge in [0.1, 0.15) is 18.1 Å². The molecule has 1 aliphatic carbocycles. The molecule has 0 saturated heterocycles. The normalized spacial score (nSPS) is 15.9. The zero-order chi connectivity index (χ0) is 20.1. The second-order valence-electron chi connectivity index (χ2n) is 6.34. The zero-order valence-corrected chi connectivity index (χ0v) is 14.5. The van der Waals surface area contributed by atoms with E-state index in [0.717, 1.165) is 12.2 Å². The lowest BCUT2D eigenvalue weighted by molar-refractivity contribution is -0.153. The van der Waals surface area contributed by atoms with E-state index in [0.29, 0.717) is 31.4 Å². The molecule has 27 heavy (non-hydrogen) atoms. The van der Waals surface area contributed by atoms with E-state index in [1.165, 1.54) is 24.3 Å².